The second-order valence-electron chi connectivity index (χ2n) is 5.19. The lowest BCUT2D eigenvalue weighted by Crippen LogP contribution is -2.10. The molecule has 0 aliphatic carbocycles. The molecule has 0 bridgehead atoms. The molecule has 2 rings (SSSR count). The minimum atomic E-state index is -0.173. The third kappa shape index (κ3) is 3.56. The van der Waals surface area contributed by atoms with Crippen molar-refractivity contribution in [1.82, 2.24) is 14.8 Å². The van der Waals surface area contributed by atoms with Crippen LogP contribution in [-0.4, -0.2) is 20.7 Å². The minimum Gasteiger partial charge on any atom is -0.319 e. The van der Waals surface area contributed by atoms with Crippen molar-refractivity contribution in [2.45, 2.75) is 33.7 Å². The molecule has 0 aliphatic rings. The highest BCUT2D eigenvalue weighted by atomic mass is 16.1. The Labute approximate surface area is 124 Å². The fraction of sp³-hybridized carbons (Fsp3) is 0.312. The van der Waals surface area contributed by atoms with E-state index < -0.39 is 0 Å². The van der Waals surface area contributed by atoms with Crippen LogP contribution < -0.4 is 5.32 Å². The van der Waals surface area contributed by atoms with E-state index in [1.807, 2.05) is 30.7 Å². The summed E-state index contributed by atoms with van der Waals surface area (Å²) in [6.45, 7) is 7.98. The number of hydrogen-bond acceptors (Lipinski definition) is 3. The zero-order valence-electron chi connectivity index (χ0n) is 12.8. The fourth-order valence-corrected chi connectivity index (χ4v) is 2.16. The summed E-state index contributed by atoms with van der Waals surface area (Å²) in [7, 11) is 0. The molecule has 0 saturated carbocycles. The van der Waals surface area contributed by atoms with E-state index in [1.165, 1.54) is 6.08 Å². The van der Waals surface area contributed by atoms with E-state index in [9.17, 15) is 4.79 Å². The molecule has 2 aromatic heterocycles. The summed E-state index contributed by atoms with van der Waals surface area (Å²) in [5.41, 5.74) is 3.46. The lowest BCUT2D eigenvalue weighted by Gasteiger charge is -2.08. The maximum absolute atomic E-state index is 12.0. The van der Waals surface area contributed by atoms with Crippen LogP contribution in [0.2, 0.25) is 0 Å². The Morgan fingerprint density at radius 1 is 1.38 bits per heavy atom. The number of anilines is 1. The van der Waals surface area contributed by atoms with E-state index >= 15 is 0 Å². The number of carbonyl (C=O) groups excluding carboxylic acids is 1. The van der Waals surface area contributed by atoms with Crippen molar-refractivity contribution in [3.05, 3.63) is 47.6 Å². The van der Waals surface area contributed by atoms with Crippen molar-refractivity contribution in [3.8, 4) is 0 Å². The predicted octanol–water partition coefficient (Wildman–Crippen LogP) is 3.13. The average molecular weight is 284 g/mol. The summed E-state index contributed by atoms with van der Waals surface area (Å²) in [4.78, 5) is 16.0. The Bertz CT molecular complexity index is 656. The van der Waals surface area contributed by atoms with Gasteiger partial charge in [-0.2, -0.15) is 5.10 Å². The van der Waals surface area contributed by atoms with Gasteiger partial charge in [0.25, 0.3) is 0 Å². The molecule has 1 N–H and O–H groups in total. The summed E-state index contributed by atoms with van der Waals surface area (Å²) >= 11 is 0. The summed E-state index contributed by atoms with van der Waals surface area (Å²) in [6, 6.07) is 3.99. The normalized spacial score (nSPS) is 11.3. The Morgan fingerprint density at radius 3 is 2.71 bits per heavy atom. The van der Waals surface area contributed by atoms with Crippen LogP contribution in [0.25, 0.3) is 6.08 Å². The van der Waals surface area contributed by atoms with Gasteiger partial charge in [0.2, 0.25) is 5.91 Å². The highest BCUT2D eigenvalue weighted by molar-refractivity contribution is 6.02. The number of pyridine rings is 1. The van der Waals surface area contributed by atoms with Crippen molar-refractivity contribution in [2.24, 2.45) is 0 Å². The number of amides is 1. The first-order valence-electron chi connectivity index (χ1n) is 6.94. The Hall–Kier alpha value is -2.43. The Balaban J connectivity index is 2.12. The SMILES string of the molecule is Cc1nn(C(C)C)c(C)c1NC(=O)/C=C\c1cccnc1. The zero-order chi connectivity index (χ0) is 15.4. The number of nitrogens with one attached hydrogen (secondary N) is 1. The topological polar surface area (TPSA) is 59.8 Å². The van der Waals surface area contributed by atoms with Crippen LogP contribution in [0.3, 0.4) is 0 Å². The van der Waals surface area contributed by atoms with E-state index in [-0.39, 0.29) is 11.9 Å². The molecule has 5 heteroatoms. The number of hydrogen-bond donors (Lipinski definition) is 1. The van der Waals surface area contributed by atoms with Crippen molar-refractivity contribution < 1.29 is 4.79 Å². The number of nitrogens with zero attached hydrogens (tertiary/aromatic N) is 3. The van der Waals surface area contributed by atoms with Gasteiger partial charge < -0.3 is 5.32 Å². The average Bonchev–Trinajstić information content (AvgIpc) is 2.74. The van der Waals surface area contributed by atoms with Crippen molar-refractivity contribution in [2.75, 3.05) is 5.32 Å². The van der Waals surface area contributed by atoms with E-state index in [4.69, 9.17) is 0 Å². The second kappa shape index (κ2) is 6.35. The lowest BCUT2D eigenvalue weighted by atomic mass is 10.2. The molecule has 0 spiro atoms. The van der Waals surface area contributed by atoms with Gasteiger partial charge in [-0.1, -0.05) is 6.07 Å². The molecule has 0 radical (unpaired) electrons. The van der Waals surface area contributed by atoms with Crippen molar-refractivity contribution in [1.29, 1.82) is 0 Å². The van der Waals surface area contributed by atoms with Crippen LogP contribution in [0.5, 0.6) is 0 Å². The van der Waals surface area contributed by atoms with Crippen molar-refractivity contribution in [3.63, 3.8) is 0 Å². The predicted molar refractivity (Wildman–Crippen MR) is 84.0 cm³/mol. The number of rotatable bonds is 4. The summed E-state index contributed by atoms with van der Waals surface area (Å²) < 4.78 is 1.91. The quantitative estimate of drug-likeness (QED) is 0.877. The van der Waals surface area contributed by atoms with Gasteiger partial charge in [-0.05, 0) is 45.4 Å². The van der Waals surface area contributed by atoms with E-state index in [0.717, 1.165) is 22.6 Å². The molecule has 1 amide bonds. The number of aryl methyl sites for hydroxylation is 1. The van der Waals surface area contributed by atoms with E-state index in [0.29, 0.717) is 0 Å². The van der Waals surface area contributed by atoms with Crippen molar-refractivity contribution >= 4 is 17.7 Å². The molecule has 110 valence electrons. The van der Waals surface area contributed by atoms with Gasteiger partial charge in [0.15, 0.2) is 0 Å². The molecular formula is C16H20N4O. The van der Waals surface area contributed by atoms with Gasteiger partial charge in [0.1, 0.15) is 0 Å². The molecule has 0 fully saturated rings. The number of carbonyl (C=O) groups is 1. The first-order chi connectivity index (χ1) is 9.99. The van der Waals surface area contributed by atoms with Crippen LogP contribution in [0.1, 0.15) is 36.8 Å². The highest BCUT2D eigenvalue weighted by Gasteiger charge is 2.14. The van der Waals surface area contributed by atoms with E-state index in [2.05, 4.69) is 29.2 Å². The molecule has 0 aromatic carbocycles. The van der Waals surface area contributed by atoms with Crippen LogP contribution >= 0.6 is 0 Å². The third-order valence-electron chi connectivity index (χ3n) is 3.17. The first kappa shape index (κ1) is 15.0. The number of aromatic nitrogens is 3. The maximum atomic E-state index is 12.0. The van der Waals surface area contributed by atoms with Crippen LogP contribution in [-0.2, 0) is 4.79 Å². The second-order valence-corrected chi connectivity index (χ2v) is 5.19. The van der Waals surface area contributed by atoms with Gasteiger partial charge in [-0.25, -0.2) is 0 Å². The van der Waals surface area contributed by atoms with Gasteiger partial charge in [-0.3, -0.25) is 14.5 Å². The molecule has 0 unspecified atom stereocenters. The molecule has 2 heterocycles. The summed E-state index contributed by atoms with van der Waals surface area (Å²) in [5, 5.41) is 7.34. The van der Waals surface area contributed by atoms with Gasteiger partial charge in [0, 0.05) is 24.5 Å². The molecule has 5 nitrogen and oxygen atoms in total. The smallest absolute Gasteiger partial charge is 0.248 e. The maximum Gasteiger partial charge on any atom is 0.248 e. The molecular weight excluding hydrogens is 264 g/mol. The fourth-order valence-electron chi connectivity index (χ4n) is 2.16. The van der Waals surface area contributed by atoms with Gasteiger partial charge in [-0.15, -0.1) is 0 Å². The molecule has 0 saturated heterocycles. The highest BCUT2D eigenvalue weighted by Crippen LogP contribution is 2.22. The minimum absolute atomic E-state index is 0.173. The van der Waals surface area contributed by atoms with Crippen LogP contribution in [0.4, 0.5) is 5.69 Å². The lowest BCUT2D eigenvalue weighted by molar-refractivity contribution is -0.111. The largest absolute Gasteiger partial charge is 0.319 e. The first-order valence-corrected chi connectivity index (χ1v) is 6.94. The molecule has 0 atom stereocenters. The van der Waals surface area contributed by atoms with Crippen LogP contribution in [0, 0.1) is 13.8 Å². The Kier molecular flexibility index (Phi) is 4.52. The van der Waals surface area contributed by atoms with Crippen LogP contribution in [0.15, 0.2) is 30.6 Å². The standard InChI is InChI=1S/C16H20N4O/c1-11(2)20-13(4)16(12(3)19-20)18-15(21)8-7-14-6-5-9-17-10-14/h5-11H,1-4H3,(H,18,21)/b8-7-. The summed E-state index contributed by atoms with van der Waals surface area (Å²) in [5.74, 6) is -0.173. The molecule has 21 heavy (non-hydrogen) atoms. The Morgan fingerprint density at radius 2 is 2.14 bits per heavy atom. The monoisotopic (exact) mass is 284 g/mol. The van der Waals surface area contributed by atoms with Gasteiger partial charge >= 0.3 is 0 Å². The van der Waals surface area contributed by atoms with Gasteiger partial charge in [0.05, 0.1) is 17.1 Å². The molecule has 2 aromatic rings. The zero-order valence-corrected chi connectivity index (χ0v) is 12.8. The molecule has 0 aliphatic heterocycles. The third-order valence-corrected chi connectivity index (χ3v) is 3.17. The summed E-state index contributed by atoms with van der Waals surface area (Å²) in [6.07, 6.45) is 6.64. The van der Waals surface area contributed by atoms with E-state index in [1.54, 1.807) is 18.5 Å².